The summed E-state index contributed by atoms with van der Waals surface area (Å²) in [6.07, 6.45) is 0. The highest BCUT2D eigenvalue weighted by Gasteiger charge is 2.20. The molecule has 0 saturated heterocycles. The summed E-state index contributed by atoms with van der Waals surface area (Å²) in [5.74, 6) is 0. The van der Waals surface area contributed by atoms with E-state index < -0.39 is 0 Å². The lowest BCUT2D eigenvalue weighted by molar-refractivity contribution is 0.668. The second-order valence-corrected chi connectivity index (χ2v) is 14.1. The largest absolute Gasteiger partial charge is 0.456 e. The van der Waals surface area contributed by atoms with E-state index in [1.165, 1.54) is 27.5 Å². The Morgan fingerprint density at radius 3 is 1.56 bits per heavy atom. The van der Waals surface area contributed by atoms with Crippen LogP contribution in [-0.2, 0) is 0 Å². The van der Waals surface area contributed by atoms with Crippen molar-refractivity contribution in [1.29, 1.82) is 0 Å². The van der Waals surface area contributed by atoms with Crippen molar-refractivity contribution >= 4 is 71.7 Å². The maximum Gasteiger partial charge on any atom is 0.137 e. The molecule has 258 valence electrons. The number of furan rings is 2. The van der Waals surface area contributed by atoms with Crippen molar-refractivity contribution in [3.8, 4) is 33.4 Å². The Morgan fingerprint density at radius 1 is 0.291 bits per heavy atom. The van der Waals surface area contributed by atoms with Crippen LogP contribution in [0.1, 0.15) is 0 Å². The number of hydrogen-bond acceptors (Lipinski definition) is 3. The van der Waals surface area contributed by atoms with Crippen LogP contribution in [0.2, 0.25) is 0 Å². The number of benzene rings is 9. The van der Waals surface area contributed by atoms with Gasteiger partial charge in [-0.3, -0.25) is 0 Å². The first-order valence-corrected chi connectivity index (χ1v) is 18.7. The van der Waals surface area contributed by atoms with E-state index >= 15 is 0 Å². The first kappa shape index (κ1) is 31.2. The van der Waals surface area contributed by atoms with Crippen molar-refractivity contribution in [2.24, 2.45) is 0 Å². The Hall–Kier alpha value is -7.36. The average Bonchev–Trinajstić information content (AvgIpc) is 3.83. The van der Waals surface area contributed by atoms with Crippen molar-refractivity contribution in [2.45, 2.75) is 0 Å². The molecule has 3 nitrogen and oxygen atoms in total. The summed E-state index contributed by atoms with van der Waals surface area (Å²) in [5, 5.41) is 6.94. The smallest absolute Gasteiger partial charge is 0.137 e. The van der Waals surface area contributed by atoms with Gasteiger partial charge in [-0.2, -0.15) is 0 Å². The first-order valence-electron chi connectivity index (χ1n) is 18.7. The topological polar surface area (TPSA) is 29.5 Å². The summed E-state index contributed by atoms with van der Waals surface area (Å²) in [5.41, 5.74) is 13.8. The molecule has 0 amide bonds. The summed E-state index contributed by atoms with van der Waals surface area (Å²) < 4.78 is 12.5. The highest BCUT2D eigenvalue weighted by Crippen LogP contribution is 2.44. The van der Waals surface area contributed by atoms with Gasteiger partial charge in [-0.1, -0.05) is 127 Å². The molecule has 9 aromatic carbocycles. The van der Waals surface area contributed by atoms with E-state index in [9.17, 15) is 0 Å². The summed E-state index contributed by atoms with van der Waals surface area (Å²) in [7, 11) is 0. The third kappa shape index (κ3) is 5.36. The normalized spacial score (nSPS) is 11.6. The maximum atomic E-state index is 6.36. The minimum atomic E-state index is 0.864. The molecule has 2 aromatic heterocycles. The van der Waals surface area contributed by atoms with Crippen LogP contribution in [0.4, 0.5) is 17.1 Å². The number of rotatable bonds is 6. The van der Waals surface area contributed by atoms with Crippen molar-refractivity contribution in [3.63, 3.8) is 0 Å². The number of anilines is 3. The van der Waals surface area contributed by atoms with Crippen LogP contribution in [0.25, 0.3) is 88.0 Å². The fourth-order valence-corrected chi connectivity index (χ4v) is 8.13. The van der Waals surface area contributed by atoms with Gasteiger partial charge in [0.05, 0.1) is 11.1 Å². The molecule has 11 aromatic rings. The summed E-state index contributed by atoms with van der Waals surface area (Å²) in [4.78, 5) is 2.34. The standard InChI is InChI=1S/C52H33NO2/c1-2-10-37-32-40(20-19-34(37)9-1)39-12-7-11-38(31-39)35-21-26-42(27-22-35)53(47-15-8-18-51-52(47)45-14-4-6-17-49(45)55-51)43-28-23-36(24-29-43)41-25-30-50-46(33-41)44-13-3-5-16-48(44)54-50/h1-33H. The molecule has 0 aliphatic carbocycles. The third-order valence-electron chi connectivity index (χ3n) is 10.9. The summed E-state index contributed by atoms with van der Waals surface area (Å²) in [6.45, 7) is 0. The van der Waals surface area contributed by atoms with Crippen molar-refractivity contribution < 1.29 is 8.83 Å². The molecule has 3 heteroatoms. The Bertz CT molecular complexity index is 3200. The van der Waals surface area contributed by atoms with Gasteiger partial charge in [0.2, 0.25) is 0 Å². The fraction of sp³-hybridized carbons (Fsp3) is 0. The van der Waals surface area contributed by atoms with Crippen LogP contribution in [0, 0.1) is 0 Å². The van der Waals surface area contributed by atoms with Gasteiger partial charge in [0.15, 0.2) is 0 Å². The fourth-order valence-electron chi connectivity index (χ4n) is 8.13. The third-order valence-corrected chi connectivity index (χ3v) is 10.9. The predicted molar refractivity (Wildman–Crippen MR) is 229 cm³/mol. The Morgan fingerprint density at radius 2 is 0.800 bits per heavy atom. The Balaban J connectivity index is 1.000. The van der Waals surface area contributed by atoms with Crippen LogP contribution in [0.15, 0.2) is 209 Å². The molecular weight excluding hydrogens is 671 g/mol. The van der Waals surface area contributed by atoms with E-state index in [4.69, 9.17) is 8.83 Å². The van der Waals surface area contributed by atoms with E-state index in [0.717, 1.165) is 77.6 Å². The molecule has 0 atom stereocenters. The lowest BCUT2D eigenvalue weighted by atomic mass is 9.97. The minimum Gasteiger partial charge on any atom is -0.456 e. The highest BCUT2D eigenvalue weighted by molar-refractivity contribution is 6.13. The number of fused-ring (bicyclic) bond motifs is 7. The van der Waals surface area contributed by atoms with Gasteiger partial charge in [-0.25, -0.2) is 0 Å². The van der Waals surface area contributed by atoms with Gasteiger partial charge in [-0.15, -0.1) is 0 Å². The number of para-hydroxylation sites is 2. The summed E-state index contributed by atoms with van der Waals surface area (Å²) in [6, 6.07) is 71.1. The van der Waals surface area contributed by atoms with E-state index in [2.05, 4.69) is 181 Å². The Labute approximate surface area is 317 Å². The van der Waals surface area contributed by atoms with E-state index in [1.54, 1.807) is 0 Å². The van der Waals surface area contributed by atoms with E-state index in [-0.39, 0.29) is 0 Å². The predicted octanol–water partition coefficient (Wildman–Crippen LogP) is 15.1. The van der Waals surface area contributed by atoms with Crippen molar-refractivity contribution in [2.75, 3.05) is 4.90 Å². The SMILES string of the molecule is c1cc(-c2ccc(N(c3ccc(-c4ccc5oc6ccccc6c5c4)cc3)c3cccc4oc5ccccc5c34)cc2)cc(-c2ccc3ccccc3c2)c1. The van der Waals surface area contributed by atoms with E-state index in [0.29, 0.717) is 0 Å². The molecule has 11 rings (SSSR count). The molecule has 0 spiro atoms. The van der Waals surface area contributed by atoms with Gasteiger partial charge < -0.3 is 13.7 Å². The van der Waals surface area contributed by atoms with Crippen molar-refractivity contribution in [1.82, 2.24) is 0 Å². The van der Waals surface area contributed by atoms with Crippen LogP contribution < -0.4 is 4.90 Å². The molecule has 0 saturated carbocycles. The minimum absolute atomic E-state index is 0.864. The van der Waals surface area contributed by atoms with Crippen molar-refractivity contribution in [3.05, 3.63) is 200 Å². The van der Waals surface area contributed by atoms with Gasteiger partial charge in [0.25, 0.3) is 0 Å². The van der Waals surface area contributed by atoms with Gasteiger partial charge in [-0.05, 0) is 117 Å². The summed E-state index contributed by atoms with van der Waals surface area (Å²) >= 11 is 0. The molecule has 0 aliphatic rings. The lowest BCUT2D eigenvalue weighted by Crippen LogP contribution is -2.10. The molecule has 0 fully saturated rings. The molecule has 0 aliphatic heterocycles. The maximum absolute atomic E-state index is 6.36. The van der Waals surface area contributed by atoms with Crippen LogP contribution in [0.3, 0.4) is 0 Å². The number of hydrogen-bond donors (Lipinski definition) is 0. The monoisotopic (exact) mass is 703 g/mol. The highest BCUT2D eigenvalue weighted by atomic mass is 16.3. The first-order chi connectivity index (χ1) is 27.2. The second-order valence-electron chi connectivity index (χ2n) is 14.1. The average molecular weight is 704 g/mol. The van der Waals surface area contributed by atoms with Crippen LogP contribution in [0.5, 0.6) is 0 Å². The molecule has 0 radical (unpaired) electrons. The Kier molecular flexibility index (Phi) is 7.17. The van der Waals surface area contributed by atoms with Gasteiger partial charge in [0, 0.05) is 27.5 Å². The lowest BCUT2D eigenvalue weighted by Gasteiger charge is -2.26. The van der Waals surface area contributed by atoms with E-state index in [1.807, 2.05) is 24.3 Å². The zero-order chi connectivity index (χ0) is 36.3. The molecule has 0 unspecified atom stereocenters. The zero-order valence-corrected chi connectivity index (χ0v) is 29.8. The second kappa shape index (κ2) is 12.6. The molecule has 2 heterocycles. The van der Waals surface area contributed by atoms with Gasteiger partial charge >= 0.3 is 0 Å². The molecule has 0 N–H and O–H groups in total. The van der Waals surface area contributed by atoms with Gasteiger partial charge in [0.1, 0.15) is 22.3 Å². The van der Waals surface area contributed by atoms with Crippen LogP contribution >= 0.6 is 0 Å². The van der Waals surface area contributed by atoms with Crippen LogP contribution in [-0.4, -0.2) is 0 Å². The zero-order valence-electron chi connectivity index (χ0n) is 29.8. The molecule has 0 bridgehead atoms. The quantitative estimate of drug-likeness (QED) is 0.173. The molecular formula is C52H33NO2. The number of nitrogens with zero attached hydrogens (tertiary/aromatic N) is 1. The molecule has 55 heavy (non-hydrogen) atoms.